The summed E-state index contributed by atoms with van der Waals surface area (Å²) in [5.74, 6) is 0. The summed E-state index contributed by atoms with van der Waals surface area (Å²) in [7, 11) is 2.77. The molecule has 0 aromatic heterocycles. The molecule has 1 N–H and O–H groups in total. The van der Waals surface area contributed by atoms with E-state index in [1.165, 1.54) is 0 Å². The number of aliphatic hydroxyl groups is 1. The average Bonchev–Trinajstić information content (AvgIpc) is 2.95. The minimum absolute atomic E-state index is 0.0947. The Balaban J connectivity index is 2.13. The van der Waals surface area contributed by atoms with Crippen LogP contribution in [0.15, 0.2) is 60.7 Å². The van der Waals surface area contributed by atoms with Gasteiger partial charge in [-0.3, -0.25) is 4.67 Å². The molecule has 1 saturated heterocycles. The van der Waals surface area contributed by atoms with Gasteiger partial charge in [-0.1, -0.05) is 70.1 Å². The summed E-state index contributed by atoms with van der Waals surface area (Å²) < 4.78 is 2.19. The summed E-state index contributed by atoms with van der Waals surface area (Å²) in [6.45, 7) is 1.01. The van der Waals surface area contributed by atoms with Crippen LogP contribution >= 0.6 is 9.39 Å². The zero-order valence-electron chi connectivity index (χ0n) is 11.4. The molecule has 3 heteroatoms. The van der Waals surface area contributed by atoms with Crippen molar-refractivity contribution in [2.75, 3.05) is 6.54 Å². The fraction of sp³-hybridized carbons (Fsp3) is 0.294. The lowest BCUT2D eigenvalue weighted by Gasteiger charge is -2.38. The van der Waals surface area contributed by atoms with Gasteiger partial charge in [-0.2, -0.15) is 0 Å². The summed E-state index contributed by atoms with van der Waals surface area (Å²) in [5, 5.41) is 11.6. The van der Waals surface area contributed by atoms with E-state index in [2.05, 4.69) is 14.1 Å². The van der Waals surface area contributed by atoms with Crippen LogP contribution in [0.5, 0.6) is 0 Å². The van der Waals surface area contributed by atoms with Crippen LogP contribution < -0.4 is 0 Å². The molecule has 104 valence electrons. The average molecular weight is 285 g/mol. The fourth-order valence-corrected chi connectivity index (χ4v) is 3.72. The molecule has 20 heavy (non-hydrogen) atoms. The molecule has 0 spiro atoms. The molecule has 2 aromatic rings. The van der Waals surface area contributed by atoms with Crippen molar-refractivity contribution in [2.24, 2.45) is 0 Å². The maximum atomic E-state index is 11.6. The second kappa shape index (κ2) is 5.65. The molecule has 0 radical (unpaired) electrons. The van der Waals surface area contributed by atoms with Crippen molar-refractivity contribution in [2.45, 2.75) is 24.5 Å². The predicted octanol–water partition coefficient (Wildman–Crippen LogP) is 3.18. The first-order valence-corrected chi connectivity index (χ1v) is 7.59. The zero-order chi connectivity index (χ0) is 14.0. The summed E-state index contributed by atoms with van der Waals surface area (Å²) in [6, 6.07) is 20.1. The predicted molar refractivity (Wildman–Crippen MR) is 85.3 cm³/mol. The van der Waals surface area contributed by atoms with E-state index in [-0.39, 0.29) is 6.04 Å². The molecule has 1 aliphatic heterocycles. The first kappa shape index (κ1) is 13.8. The van der Waals surface area contributed by atoms with Crippen molar-refractivity contribution in [1.82, 2.24) is 4.67 Å². The van der Waals surface area contributed by atoms with Crippen molar-refractivity contribution in [3.63, 3.8) is 0 Å². The Hall–Kier alpha value is -1.21. The highest BCUT2D eigenvalue weighted by Crippen LogP contribution is 2.41. The van der Waals surface area contributed by atoms with Crippen LogP contribution in [0, 0.1) is 0 Å². The van der Waals surface area contributed by atoms with Crippen molar-refractivity contribution < 1.29 is 5.11 Å². The van der Waals surface area contributed by atoms with Gasteiger partial charge in [0.25, 0.3) is 0 Å². The lowest BCUT2D eigenvalue weighted by Crippen LogP contribution is -2.45. The highest BCUT2D eigenvalue weighted by Gasteiger charge is 2.44. The van der Waals surface area contributed by atoms with Crippen molar-refractivity contribution in [3.8, 4) is 0 Å². The van der Waals surface area contributed by atoms with E-state index in [1.807, 2.05) is 60.7 Å². The van der Waals surface area contributed by atoms with E-state index in [0.717, 1.165) is 30.5 Å². The standard InChI is InChI=1S/C17H20NOP/c19-17(14-8-3-1-4-9-14,15-10-5-2-6-11-15)16-12-7-13-18(16)20/h1-6,8-11,16,19H,7,12-13,20H2. The van der Waals surface area contributed by atoms with E-state index in [0.29, 0.717) is 0 Å². The Kier molecular flexibility index (Phi) is 3.89. The minimum Gasteiger partial charge on any atom is -0.379 e. The van der Waals surface area contributed by atoms with E-state index >= 15 is 0 Å². The van der Waals surface area contributed by atoms with Gasteiger partial charge >= 0.3 is 0 Å². The molecule has 0 saturated carbocycles. The van der Waals surface area contributed by atoms with Gasteiger partial charge in [0.2, 0.25) is 0 Å². The lowest BCUT2D eigenvalue weighted by atomic mass is 9.79. The van der Waals surface area contributed by atoms with E-state index < -0.39 is 5.60 Å². The normalized spacial score (nSPS) is 20.2. The number of benzene rings is 2. The summed E-state index contributed by atoms with van der Waals surface area (Å²) in [5.41, 5.74) is 0.969. The molecule has 2 atom stereocenters. The monoisotopic (exact) mass is 285 g/mol. The third kappa shape index (κ3) is 2.29. The van der Waals surface area contributed by atoms with Crippen molar-refractivity contribution in [3.05, 3.63) is 71.8 Å². The van der Waals surface area contributed by atoms with Crippen LogP contribution in [0.4, 0.5) is 0 Å². The largest absolute Gasteiger partial charge is 0.379 e. The molecular weight excluding hydrogens is 265 g/mol. The minimum atomic E-state index is -0.958. The maximum Gasteiger partial charge on any atom is 0.130 e. The number of nitrogens with zero attached hydrogens (tertiary/aromatic N) is 1. The molecule has 3 rings (SSSR count). The van der Waals surface area contributed by atoms with Crippen molar-refractivity contribution in [1.29, 1.82) is 0 Å². The fourth-order valence-electron chi connectivity index (χ4n) is 3.17. The van der Waals surface area contributed by atoms with Gasteiger partial charge in [0, 0.05) is 6.54 Å². The second-order valence-corrected chi connectivity index (χ2v) is 6.06. The third-order valence-electron chi connectivity index (χ3n) is 4.20. The zero-order valence-corrected chi connectivity index (χ0v) is 12.6. The Bertz CT molecular complexity index is 518. The van der Waals surface area contributed by atoms with E-state index in [4.69, 9.17) is 0 Å². The summed E-state index contributed by atoms with van der Waals surface area (Å²) >= 11 is 0. The molecule has 2 aromatic carbocycles. The molecular formula is C17H20NOP. The van der Waals surface area contributed by atoms with Gasteiger partial charge in [-0.05, 0) is 24.0 Å². The topological polar surface area (TPSA) is 23.5 Å². The third-order valence-corrected chi connectivity index (χ3v) is 4.82. The highest BCUT2D eigenvalue weighted by atomic mass is 31.0. The smallest absolute Gasteiger partial charge is 0.130 e. The number of rotatable bonds is 3. The van der Waals surface area contributed by atoms with Gasteiger partial charge in [-0.15, -0.1) is 0 Å². The van der Waals surface area contributed by atoms with Crippen LogP contribution in [0.2, 0.25) is 0 Å². The van der Waals surface area contributed by atoms with Crippen LogP contribution in [0.3, 0.4) is 0 Å². The Morgan fingerprint density at radius 1 is 0.950 bits per heavy atom. The van der Waals surface area contributed by atoms with Crippen LogP contribution in [0.1, 0.15) is 24.0 Å². The first-order chi connectivity index (χ1) is 9.73. The van der Waals surface area contributed by atoms with Gasteiger partial charge in [0.1, 0.15) is 5.60 Å². The number of hydrogen-bond donors (Lipinski definition) is 1. The molecule has 2 unspecified atom stereocenters. The Labute approximate surface area is 122 Å². The second-order valence-electron chi connectivity index (χ2n) is 5.39. The molecule has 1 heterocycles. The summed E-state index contributed by atoms with van der Waals surface area (Å²) in [6.07, 6.45) is 2.12. The molecule has 1 fully saturated rings. The Morgan fingerprint density at radius 2 is 1.45 bits per heavy atom. The van der Waals surface area contributed by atoms with Gasteiger partial charge in [-0.25, -0.2) is 0 Å². The maximum absolute atomic E-state index is 11.6. The van der Waals surface area contributed by atoms with Crippen LogP contribution in [-0.2, 0) is 5.60 Å². The molecule has 1 aliphatic rings. The van der Waals surface area contributed by atoms with Gasteiger partial charge in [0.15, 0.2) is 0 Å². The Morgan fingerprint density at radius 3 is 1.85 bits per heavy atom. The van der Waals surface area contributed by atoms with Gasteiger partial charge in [0.05, 0.1) is 6.04 Å². The first-order valence-electron chi connectivity index (χ1n) is 7.07. The molecule has 0 bridgehead atoms. The summed E-state index contributed by atoms with van der Waals surface area (Å²) in [4.78, 5) is 0. The van der Waals surface area contributed by atoms with Crippen LogP contribution in [-0.4, -0.2) is 22.4 Å². The van der Waals surface area contributed by atoms with Crippen molar-refractivity contribution >= 4 is 9.39 Å². The van der Waals surface area contributed by atoms with E-state index in [9.17, 15) is 5.11 Å². The highest BCUT2D eigenvalue weighted by molar-refractivity contribution is 7.13. The van der Waals surface area contributed by atoms with Crippen LogP contribution in [0.25, 0.3) is 0 Å². The van der Waals surface area contributed by atoms with Gasteiger partial charge < -0.3 is 5.11 Å². The quantitative estimate of drug-likeness (QED) is 0.876. The molecule has 0 amide bonds. The number of hydrogen-bond acceptors (Lipinski definition) is 2. The van der Waals surface area contributed by atoms with E-state index in [1.54, 1.807) is 0 Å². The lowest BCUT2D eigenvalue weighted by molar-refractivity contribution is 0.0228. The molecule has 2 nitrogen and oxygen atoms in total. The molecule has 0 aliphatic carbocycles. The SMILES string of the molecule is OC(c1ccccc1)(c1ccccc1)C1CCCN1P.